The molecule has 0 unspecified atom stereocenters. The van der Waals surface area contributed by atoms with Gasteiger partial charge < -0.3 is 25.0 Å². The summed E-state index contributed by atoms with van der Waals surface area (Å²) >= 11 is 0. The summed E-state index contributed by atoms with van der Waals surface area (Å²) in [5.41, 5.74) is 3.08. The summed E-state index contributed by atoms with van der Waals surface area (Å²) in [6, 6.07) is 13.0. The topological polar surface area (TPSA) is 90.8 Å². The number of aliphatic hydroxyl groups is 1. The average molecular weight is 450 g/mol. The fourth-order valence-corrected chi connectivity index (χ4v) is 4.28. The van der Waals surface area contributed by atoms with Gasteiger partial charge in [-0.15, -0.1) is 0 Å². The number of nitrogens with one attached hydrogen (secondary N) is 1. The number of carbonyl (C=O) groups excluding carboxylic acids is 1. The molecule has 8 heteroatoms. The lowest BCUT2D eigenvalue weighted by atomic mass is 10.0. The van der Waals surface area contributed by atoms with Gasteiger partial charge in [-0.05, 0) is 56.8 Å². The molecular formula is C25H31N5O3. The highest BCUT2D eigenvalue weighted by molar-refractivity contribution is 5.94. The molecule has 1 aliphatic heterocycles. The van der Waals surface area contributed by atoms with Crippen LogP contribution in [0.5, 0.6) is 5.75 Å². The number of aryl methyl sites for hydroxylation is 1. The Morgan fingerprint density at radius 1 is 1.30 bits per heavy atom. The molecule has 0 aliphatic carbocycles. The molecule has 1 saturated heterocycles. The van der Waals surface area contributed by atoms with Crippen molar-refractivity contribution in [2.24, 2.45) is 0 Å². The van der Waals surface area contributed by atoms with Crippen molar-refractivity contribution in [2.75, 3.05) is 51.8 Å². The minimum atomic E-state index is -1.01. The van der Waals surface area contributed by atoms with E-state index in [1.165, 1.54) is 0 Å². The van der Waals surface area contributed by atoms with Crippen molar-refractivity contribution in [3.8, 4) is 5.75 Å². The third kappa shape index (κ3) is 5.23. The zero-order chi connectivity index (χ0) is 23.4. The van der Waals surface area contributed by atoms with Gasteiger partial charge in [-0.25, -0.2) is 4.98 Å². The number of hydrogen-bond acceptors (Lipinski definition) is 7. The SMILES string of the molecule is CNCCOc1cccc(C(=O)N(C)C[C@@]2(O)CCN(c3ccnc4ccc(C)nc34)C2)c1. The zero-order valence-electron chi connectivity index (χ0n) is 19.4. The normalized spacial score (nSPS) is 18.0. The van der Waals surface area contributed by atoms with Gasteiger partial charge in [-0.2, -0.15) is 0 Å². The van der Waals surface area contributed by atoms with E-state index < -0.39 is 5.60 Å². The third-order valence-electron chi connectivity index (χ3n) is 5.95. The maximum absolute atomic E-state index is 13.0. The van der Waals surface area contributed by atoms with Gasteiger partial charge in [-0.1, -0.05) is 6.07 Å². The molecule has 1 aromatic carbocycles. The predicted molar refractivity (Wildman–Crippen MR) is 129 cm³/mol. The number of ether oxygens (including phenoxy) is 1. The van der Waals surface area contributed by atoms with Gasteiger partial charge in [0, 0.05) is 44.1 Å². The van der Waals surface area contributed by atoms with E-state index in [1.54, 1.807) is 30.3 Å². The van der Waals surface area contributed by atoms with Crippen molar-refractivity contribution in [3.05, 3.63) is 59.9 Å². The number of rotatable bonds is 8. The third-order valence-corrected chi connectivity index (χ3v) is 5.95. The minimum absolute atomic E-state index is 0.146. The highest BCUT2D eigenvalue weighted by Crippen LogP contribution is 2.31. The van der Waals surface area contributed by atoms with Crippen molar-refractivity contribution in [3.63, 3.8) is 0 Å². The van der Waals surface area contributed by atoms with Crippen molar-refractivity contribution in [1.29, 1.82) is 0 Å². The smallest absolute Gasteiger partial charge is 0.253 e. The first-order valence-electron chi connectivity index (χ1n) is 11.2. The van der Waals surface area contributed by atoms with Gasteiger partial charge >= 0.3 is 0 Å². The van der Waals surface area contributed by atoms with Crippen LogP contribution >= 0.6 is 0 Å². The average Bonchev–Trinajstić information content (AvgIpc) is 3.19. The molecule has 0 saturated carbocycles. The first-order chi connectivity index (χ1) is 15.9. The van der Waals surface area contributed by atoms with Crippen LogP contribution in [-0.4, -0.2) is 78.4 Å². The number of fused-ring (bicyclic) bond motifs is 1. The molecule has 0 bridgehead atoms. The Morgan fingerprint density at radius 2 is 2.15 bits per heavy atom. The Bertz CT molecular complexity index is 1140. The highest BCUT2D eigenvalue weighted by Gasteiger charge is 2.38. The number of benzene rings is 1. The fraction of sp³-hybridized carbons (Fsp3) is 0.400. The summed E-state index contributed by atoms with van der Waals surface area (Å²) in [5.74, 6) is 0.509. The van der Waals surface area contributed by atoms with Crippen molar-refractivity contribution in [2.45, 2.75) is 18.9 Å². The number of hydrogen-bond donors (Lipinski definition) is 2. The number of amides is 1. The molecule has 1 amide bonds. The first kappa shape index (κ1) is 22.9. The van der Waals surface area contributed by atoms with Gasteiger partial charge in [0.25, 0.3) is 5.91 Å². The van der Waals surface area contributed by atoms with Crippen molar-refractivity contribution < 1.29 is 14.6 Å². The van der Waals surface area contributed by atoms with E-state index in [0.29, 0.717) is 37.4 Å². The zero-order valence-corrected chi connectivity index (χ0v) is 19.4. The molecule has 2 aromatic heterocycles. The van der Waals surface area contributed by atoms with Crippen LogP contribution < -0.4 is 15.0 Å². The molecule has 1 atom stereocenters. The Morgan fingerprint density at radius 3 is 2.97 bits per heavy atom. The summed E-state index contributed by atoms with van der Waals surface area (Å²) in [6.45, 7) is 4.55. The summed E-state index contributed by atoms with van der Waals surface area (Å²) in [4.78, 5) is 25.8. The largest absolute Gasteiger partial charge is 0.492 e. The number of nitrogens with zero attached hydrogens (tertiary/aromatic N) is 4. The van der Waals surface area contributed by atoms with E-state index in [0.717, 1.165) is 29.0 Å². The lowest BCUT2D eigenvalue weighted by molar-refractivity contribution is 0.0264. The van der Waals surface area contributed by atoms with Crippen LogP contribution in [-0.2, 0) is 0 Å². The minimum Gasteiger partial charge on any atom is -0.492 e. The van der Waals surface area contributed by atoms with E-state index in [-0.39, 0.29) is 12.5 Å². The molecular weight excluding hydrogens is 418 g/mol. The molecule has 8 nitrogen and oxygen atoms in total. The number of pyridine rings is 2. The molecule has 2 N–H and O–H groups in total. The van der Waals surface area contributed by atoms with Crippen LogP contribution in [0.1, 0.15) is 22.5 Å². The molecule has 0 spiro atoms. The van der Waals surface area contributed by atoms with Crippen molar-refractivity contribution >= 4 is 22.6 Å². The number of carbonyl (C=O) groups is 1. The Hall–Kier alpha value is -3.23. The standard InChI is InChI=1S/C25H31N5O3/c1-18-7-8-21-23(28-18)22(9-11-27-21)30-13-10-25(32,17-30)16-29(3)24(31)19-5-4-6-20(15-19)33-14-12-26-2/h4-9,11,15,26,32H,10,12-14,16-17H2,1-3H3/t25-/m0/s1. The first-order valence-corrected chi connectivity index (χ1v) is 11.2. The highest BCUT2D eigenvalue weighted by atomic mass is 16.5. The molecule has 33 heavy (non-hydrogen) atoms. The van der Waals surface area contributed by atoms with E-state index in [4.69, 9.17) is 4.74 Å². The van der Waals surface area contributed by atoms with Crippen LogP contribution in [0.4, 0.5) is 5.69 Å². The number of anilines is 1. The molecule has 0 radical (unpaired) electrons. The summed E-state index contributed by atoms with van der Waals surface area (Å²) in [5, 5.41) is 14.3. The van der Waals surface area contributed by atoms with Crippen molar-refractivity contribution in [1.82, 2.24) is 20.2 Å². The maximum atomic E-state index is 13.0. The van der Waals surface area contributed by atoms with Crippen LogP contribution in [0, 0.1) is 6.92 Å². The van der Waals surface area contributed by atoms with Crippen LogP contribution in [0.2, 0.25) is 0 Å². The van der Waals surface area contributed by atoms with Crippen LogP contribution in [0.25, 0.3) is 11.0 Å². The number of aromatic nitrogens is 2. The van der Waals surface area contributed by atoms with Gasteiger partial charge in [0.15, 0.2) is 0 Å². The molecule has 1 aliphatic rings. The Labute approximate surface area is 194 Å². The summed E-state index contributed by atoms with van der Waals surface area (Å²) in [6.07, 6.45) is 2.33. The van der Waals surface area contributed by atoms with Crippen LogP contribution in [0.15, 0.2) is 48.7 Å². The predicted octanol–water partition coefficient (Wildman–Crippen LogP) is 2.25. The second-order valence-electron chi connectivity index (χ2n) is 8.69. The van der Waals surface area contributed by atoms with E-state index in [9.17, 15) is 9.90 Å². The van der Waals surface area contributed by atoms with E-state index in [2.05, 4.69) is 20.2 Å². The summed E-state index contributed by atoms with van der Waals surface area (Å²) < 4.78 is 5.68. The number of likely N-dealkylation sites (N-methyl/N-ethyl adjacent to an activating group) is 2. The monoisotopic (exact) mass is 449 g/mol. The lowest BCUT2D eigenvalue weighted by Gasteiger charge is -2.29. The Balaban J connectivity index is 1.44. The summed E-state index contributed by atoms with van der Waals surface area (Å²) in [7, 11) is 3.59. The van der Waals surface area contributed by atoms with Gasteiger partial charge in [0.2, 0.25) is 0 Å². The maximum Gasteiger partial charge on any atom is 0.253 e. The second kappa shape index (κ2) is 9.72. The van der Waals surface area contributed by atoms with Crippen LogP contribution in [0.3, 0.4) is 0 Å². The molecule has 174 valence electrons. The Kier molecular flexibility index (Phi) is 6.76. The van der Waals surface area contributed by atoms with Gasteiger partial charge in [0.1, 0.15) is 23.5 Å². The van der Waals surface area contributed by atoms with Gasteiger partial charge in [0.05, 0.1) is 17.7 Å². The fourth-order valence-electron chi connectivity index (χ4n) is 4.28. The molecule has 3 aromatic rings. The molecule has 3 heterocycles. The van der Waals surface area contributed by atoms with E-state index >= 15 is 0 Å². The second-order valence-corrected chi connectivity index (χ2v) is 8.69. The lowest BCUT2D eigenvalue weighted by Crippen LogP contribution is -2.45. The number of β-amino-alcohol motifs (C(OH)–C–C–N with tert-alkyl or cyclic N) is 1. The molecule has 4 rings (SSSR count). The van der Waals surface area contributed by atoms with E-state index in [1.807, 2.05) is 44.3 Å². The molecule has 1 fully saturated rings. The quantitative estimate of drug-likeness (QED) is 0.510. The van der Waals surface area contributed by atoms with Gasteiger partial charge in [-0.3, -0.25) is 9.78 Å².